The van der Waals surface area contributed by atoms with Crippen molar-refractivity contribution in [2.45, 2.75) is 32.4 Å². The van der Waals surface area contributed by atoms with Gasteiger partial charge in [0.15, 0.2) is 5.75 Å². The first kappa shape index (κ1) is 12.7. The zero-order valence-corrected chi connectivity index (χ0v) is 10.7. The van der Waals surface area contributed by atoms with Gasteiger partial charge in [0, 0.05) is 13.0 Å². The van der Waals surface area contributed by atoms with E-state index in [1.54, 1.807) is 24.3 Å². The molecule has 5 heteroatoms. The molecule has 1 N–H and O–H groups in total. The molecule has 0 aliphatic carbocycles. The standard InChI is InChI=1S/C13H18N2O3/c1-3-15-13(12(17-2)9-14-15)11(16)7-6-10-5-4-8-18-10/h4-5,8-9,11,16H,3,6-7H2,1-2H3. The van der Waals surface area contributed by atoms with Crippen LogP contribution < -0.4 is 4.74 Å². The molecule has 0 aromatic carbocycles. The number of aliphatic hydroxyl groups excluding tert-OH is 1. The lowest BCUT2D eigenvalue weighted by molar-refractivity contribution is 0.150. The van der Waals surface area contributed by atoms with Crippen molar-refractivity contribution in [2.75, 3.05) is 7.11 Å². The van der Waals surface area contributed by atoms with Gasteiger partial charge in [-0.05, 0) is 25.5 Å². The molecule has 0 amide bonds. The summed E-state index contributed by atoms with van der Waals surface area (Å²) >= 11 is 0. The maximum absolute atomic E-state index is 10.2. The molecule has 5 nitrogen and oxygen atoms in total. The highest BCUT2D eigenvalue weighted by Gasteiger charge is 2.19. The molecule has 1 unspecified atom stereocenters. The Hall–Kier alpha value is -1.75. The van der Waals surface area contributed by atoms with Gasteiger partial charge in [-0.15, -0.1) is 0 Å². The number of nitrogens with zero attached hydrogens (tertiary/aromatic N) is 2. The number of rotatable bonds is 6. The van der Waals surface area contributed by atoms with Gasteiger partial charge >= 0.3 is 0 Å². The van der Waals surface area contributed by atoms with Crippen molar-refractivity contribution in [1.29, 1.82) is 0 Å². The molecule has 2 rings (SSSR count). The highest BCUT2D eigenvalue weighted by molar-refractivity contribution is 5.27. The predicted molar refractivity (Wildman–Crippen MR) is 66.4 cm³/mol. The molecule has 0 saturated carbocycles. The summed E-state index contributed by atoms with van der Waals surface area (Å²) in [5.74, 6) is 1.50. The first-order valence-electron chi connectivity index (χ1n) is 6.06. The van der Waals surface area contributed by atoms with Crippen molar-refractivity contribution in [2.24, 2.45) is 0 Å². The number of aliphatic hydroxyl groups is 1. The van der Waals surface area contributed by atoms with E-state index in [4.69, 9.17) is 9.15 Å². The van der Waals surface area contributed by atoms with E-state index in [0.29, 0.717) is 25.1 Å². The largest absolute Gasteiger partial charge is 0.493 e. The highest BCUT2D eigenvalue weighted by atomic mass is 16.5. The van der Waals surface area contributed by atoms with Crippen LogP contribution in [0.15, 0.2) is 29.0 Å². The molecule has 2 aromatic heterocycles. The molecule has 0 fully saturated rings. The maximum Gasteiger partial charge on any atom is 0.162 e. The second-order valence-corrected chi connectivity index (χ2v) is 4.05. The number of furan rings is 1. The van der Waals surface area contributed by atoms with Crippen LogP contribution in [0, 0.1) is 0 Å². The lowest BCUT2D eigenvalue weighted by Crippen LogP contribution is -2.10. The molecule has 2 aromatic rings. The Bertz CT molecular complexity index is 455. The highest BCUT2D eigenvalue weighted by Crippen LogP contribution is 2.28. The summed E-state index contributed by atoms with van der Waals surface area (Å²) in [6, 6.07) is 3.75. The second kappa shape index (κ2) is 5.73. The van der Waals surface area contributed by atoms with Crippen molar-refractivity contribution in [3.05, 3.63) is 36.0 Å². The topological polar surface area (TPSA) is 60.4 Å². The third-order valence-electron chi connectivity index (χ3n) is 2.92. The minimum Gasteiger partial charge on any atom is -0.493 e. The number of hydrogen-bond acceptors (Lipinski definition) is 4. The van der Waals surface area contributed by atoms with E-state index in [1.807, 2.05) is 19.1 Å². The second-order valence-electron chi connectivity index (χ2n) is 4.05. The third-order valence-corrected chi connectivity index (χ3v) is 2.92. The van der Waals surface area contributed by atoms with Crippen molar-refractivity contribution >= 4 is 0 Å². The molecule has 1 atom stereocenters. The van der Waals surface area contributed by atoms with Crippen LogP contribution in [0.1, 0.15) is 30.9 Å². The van der Waals surface area contributed by atoms with Crippen LogP contribution in [0.3, 0.4) is 0 Å². The molecular weight excluding hydrogens is 232 g/mol. The quantitative estimate of drug-likeness (QED) is 0.853. The summed E-state index contributed by atoms with van der Waals surface area (Å²) in [4.78, 5) is 0. The molecule has 0 bridgehead atoms. The first-order chi connectivity index (χ1) is 8.76. The summed E-state index contributed by atoms with van der Waals surface area (Å²) in [6.45, 7) is 2.69. The van der Waals surface area contributed by atoms with E-state index in [1.165, 1.54) is 0 Å². The van der Waals surface area contributed by atoms with Crippen molar-refractivity contribution in [1.82, 2.24) is 9.78 Å². The van der Waals surface area contributed by atoms with Gasteiger partial charge in [-0.3, -0.25) is 4.68 Å². The molecule has 2 heterocycles. The molecule has 18 heavy (non-hydrogen) atoms. The van der Waals surface area contributed by atoms with Crippen LogP contribution in [0.25, 0.3) is 0 Å². The Morgan fingerprint density at radius 3 is 3.00 bits per heavy atom. The van der Waals surface area contributed by atoms with Crippen LogP contribution in [0.5, 0.6) is 5.75 Å². The van der Waals surface area contributed by atoms with E-state index < -0.39 is 6.10 Å². The Kier molecular flexibility index (Phi) is 4.04. The van der Waals surface area contributed by atoms with Gasteiger partial charge < -0.3 is 14.3 Å². The summed E-state index contributed by atoms with van der Waals surface area (Å²) in [5, 5.41) is 14.4. The van der Waals surface area contributed by atoms with E-state index >= 15 is 0 Å². The van der Waals surface area contributed by atoms with E-state index in [2.05, 4.69) is 5.10 Å². The SMILES string of the molecule is CCn1ncc(OC)c1C(O)CCc1ccco1. The Morgan fingerprint density at radius 1 is 1.56 bits per heavy atom. The Balaban J connectivity index is 2.07. The van der Waals surface area contributed by atoms with Gasteiger partial charge in [-0.2, -0.15) is 5.10 Å². The van der Waals surface area contributed by atoms with E-state index in [0.717, 1.165) is 11.5 Å². The number of aromatic nitrogens is 2. The fourth-order valence-corrected chi connectivity index (χ4v) is 1.99. The number of ether oxygens (including phenoxy) is 1. The van der Waals surface area contributed by atoms with Gasteiger partial charge in [-0.1, -0.05) is 0 Å². The summed E-state index contributed by atoms with van der Waals surface area (Å²) in [5.41, 5.74) is 0.728. The minimum atomic E-state index is -0.604. The summed E-state index contributed by atoms with van der Waals surface area (Å²) in [7, 11) is 1.58. The molecule has 0 saturated heterocycles. The zero-order chi connectivity index (χ0) is 13.0. The first-order valence-corrected chi connectivity index (χ1v) is 6.06. The van der Waals surface area contributed by atoms with Crippen LogP contribution in [-0.4, -0.2) is 22.0 Å². The lowest BCUT2D eigenvalue weighted by Gasteiger charge is -2.13. The van der Waals surface area contributed by atoms with Gasteiger partial charge in [0.25, 0.3) is 0 Å². The monoisotopic (exact) mass is 250 g/mol. The normalized spacial score (nSPS) is 12.6. The average molecular weight is 250 g/mol. The smallest absolute Gasteiger partial charge is 0.162 e. The predicted octanol–water partition coefficient (Wildman–Crippen LogP) is 2.17. The van der Waals surface area contributed by atoms with Crippen molar-refractivity contribution in [3.63, 3.8) is 0 Å². The van der Waals surface area contributed by atoms with E-state index in [9.17, 15) is 5.11 Å². The van der Waals surface area contributed by atoms with Crippen molar-refractivity contribution < 1.29 is 14.3 Å². The van der Waals surface area contributed by atoms with E-state index in [-0.39, 0.29) is 0 Å². The number of methoxy groups -OCH3 is 1. The fourth-order valence-electron chi connectivity index (χ4n) is 1.99. The molecule has 0 aliphatic heterocycles. The van der Waals surface area contributed by atoms with Crippen molar-refractivity contribution in [3.8, 4) is 5.75 Å². The molecule has 0 radical (unpaired) electrons. The molecular formula is C13H18N2O3. The van der Waals surface area contributed by atoms with Crippen LogP contribution >= 0.6 is 0 Å². The number of hydrogen-bond donors (Lipinski definition) is 1. The Morgan fingerprint density at radius 2 is 2.39 bits per heavy atom. The minimum absolute atomic E-state index is 0.579. The van der Waals surface area contributed by atoms with Crippen LogP contribution in [0.4, 0.5) is 0 Å². The molecule has 98 valence electrons. The zero-order valence-electron chi connectivity index (χ0n) is 10.7. The molecule has 0 aliphatic rings. The molecule has 0 spiro atoms. The van der Waals surface area contributed by atoms with Crippen LogP contribution in [-0.2, 0) is 13.0 Å². The summed E-state index contributed by atoms with van der Waals surface area (Å²) in [6.07, 6.45) is 3.93. The van der Waals surface area contributed by atoms with Gasteiger partial charge in [0.1, 0.15) is 11.5 Å². The van der Waals surface area contributed by atoms with Crippen LogP contribution in [0.2, 0.25) is 0 Å². The maximum atomic E-state index is 10.2. The third kappa shape index (κ3) is 2.56. The Labute approximate surface area is 106 Å². The van der Waals surface area contributed by atoms with Gasteiger partial charge in [0.05, 0.1) is 25.7 Å². The summed E-state index contributed by atoms with van der Waals surface area (Å²) < 4.78 is 12.2. The van der Waals surface area contributed by atoms with Gasteiger partial charge in [-0.25, -0.2) is 0 Å². The lowest BCUT2D eigenvalue weighted by atomic mass is 10.1. The average Bonchev–Trinajstić information content (AvgIpc) is 3.04. The number of aryl methyl sites for hydroxylation is 2. The fraction of sp³-hybridized carbons (Fsp3) is 0.462. The van der Waals surface area contributed by atoms with Gasteiger partial charge in [0.2, 0.25) is 0 Å².